The molecule has 0 atom stereocenters. The maximum Gasteiger partial charge on any atom is 0.253 e. The average molecular weight is 486 g/mol. The molecule has 2 aromatic carbocycles. The summed E-state index contributed by atoms with van der Waals surface area (Å²) in [4.78, 5) is 28.8. The lowest BCUT2D eigenvalue weighted by atomic mass is 9.87. The van der Waals surface area contributed by atoms with Gasteiger partial charge in [-0.25, -0.2) is 0 Å². The monoisotopic (exact) mass is 485 g/mol. The predicted molar refractivity (Wildman–Crippen MR) is 144 cm³/mol. The number of furan rings is 1. The predicted octanol–water partition coefficient (Wildman–Crippen LogP) is 5.82. The molecule has 0 bridgehead atoms. The minimum atomic E-state index is -0.0909. The van der Waals surface area contributed by atoms with Crippen LogP contribution in [0.5, 0.6) is 0 Å². The van der Waals surface area contributed by atoms with E-state index < -0.39 is 0 Å². The van der Waals surface area contributed by atoms with Crippen LogP contribution in [-0.2, 0) is 11.3 Å². The summed E-state index contributed by atoms with van der Waals surface area (Å²) in [6, 6.07) is 19.9. The number of carbonyl (C=O) groups is 2. The van der Waals surface area contributed by atoms with Crippen LogP contribution in [0.1, 0.15) is 60.9 Å². The molecule has 6 nitrogen and oxygen atoms in total. The molecule has 1 aromatic heterocycles. The Bertz CT molecular complexity index is 1200. The highest BCUT2D eigenvalue weighted by atomic mass is 16.3. The van der Waals surface area contributed by atoms with Crippen LogP contribution in [0.25, 0.3) is 5.57 Å². The number of nitrogens with one attached hydrogen (secondary N) is 1. The van der Waals surface area contributed by atoms with Gasteiger partial charge in [0.1, 0.15) is 5.76 Å². The summed E-state index contributed by atoms with van der Waals surface area (Å²) in [6.45, 7) is 9.61. The Balaban J connectivity index is 1.65. The van der Waals surface area contributed by atoms with Gasteiger partial charge in [-0.15, -0.1) is 0 Å². The van der Waals surface area contributed by atoms with Gasteiger partial charge in [-0.1, -0.05) is 29.8 Å². The molecule has 6 heteroatoms. The van der Waals surface area contributed by atoms with E-state index in [0.717, 1.165) is 55.1 Å². The number of rotatable bonds is 8. The van der Waals surface area contributed by atoms with Crippen LogP contribution in [0.4, 0.5) is 5.69 Å². The van der Waals surface area contributed by atoms with Gasteiger partial charge in [0.15, 0.2) is 0 Å². The van der Waals surface area contributed by atoms with Gasteiger partial charge < -0.3 is 14.6 Å². The first-order chi connectivity index (χ1) is 17.5. The Labute approximate surface area is 213 Å². The van der Waals surface area contributed by atoms with Gasteiger partial charge in [0.2, 0.25) is 5.91 Å². The number of benzene rings is 2. The van der Waals surface area contributed by atoms with Crippen molar-refractivity contribution in [1.82, 2.24) is 9.80 Å². The third-order valence-electron chi connectivity index (χ3n) is 6.72. The Morgan fingerprint density at radius 3 is 2.22 bits per heavy atom. The second-order valence-corrected chi connectivity index (χ2v) is 9.15. The first kappa shape index (κ1) is 25.5. The van der Waals surface area contributed by atoms with Crippen molar-refractivity contribution >= 4 is 23.1 Å². The molecule has 36 heavy (non-hydrogen) atoms. The number of carbonyl (C=O) groups excluding carboxylic acids is 2. The molecular formula is C30H35N3O3. The molecule has 1 N–H and O–H groups in total. The molecule has 0 aliphatic carbocycles. The third-order valence-corrected chi connectivity index (χ3v) is 6.72. The van der Waals surface area contributed by atoms with E-state index in [0.29, 0.717) is 18.7 Å². The molecule has 0 radical (unpaired) electrons. The highest BCUT2D eigenvalue weighted by Crippen LogP contribution is 2.34. The van der Waals surface area contributed by atoms with E-state index in [1.807, 2.05) is 61.2 Å². The number of hydrogen-bond acceptors (Lipinski definition) is 4. The van der Waals surface area contributed by atoms with Gasteiger partial charge in [0, 0.05) is 44.4 Å². The van der Waals surface area contributed by atoms with E-state index in [1.54, 1.807) is 6.26 Å². The fraction of sp³-hybridized carbons (Fsp3) is 0.333. The SMILES string of the molecule is CCN(CC)C(=O)c1ccc(C(=C2CCN(Cc3ccco3)CC2)c2cccc(NC(C)=O)c2)cc1. The first-order valence-corrected chi connectivity index (χ1v) is 12.7. The van der Waals surface area contributed by atoms with Crippen LogP contribution in [0, 0.1) is 0 Å². The normalized spacial score (nSPS) is 13.9. The number of amides is 2. The highest BCUT2D eigenvalue weighted by Gasteiger charge is 2.21. The van der Waals surface area contributed by atoms with E-state index >= 15 is 0 Å². The molecule has 4 rings (SSSR count). The average Bonchev–Trinajstić information content (AvgIpc) is 3.39. The van der Waals surface area contributed by atoms with Crippen LogP contribution >= 0.6 is 0 Å². The molecule has 1 saturated heterocycles. The van der Waals surface area contributed by atoms with Crippen LogP contribution in [-0.4, -0.2) is 47.8 Å². The topological polar surface area (TPSA) is 65.8 Å². The largest absolute Gasteiger partial charge is 0.468 e. The Morgan fingerprint density at radius 1 is 0.917 bits per heavy atom. The van der Waals surface area contributed by atoms with Gasteiger partial charge in [-0.2, -0.15) is 0 Å². The number of anilines is 1. The van der Waals surface area contributed by atoms with Gasteiger partial charge in [0.25, 0.3) is 5.91 Å². The fourth-order valence-corrected chi connectivity index (χ4v) is 4.86. The van der Waals surface area contributed by atoms with E-state index in [4.69, 9.17) is 4.42 Å². The quantitative estimate of drug-likeness (QED) is 0.437. The van der Waals surface area contributed by atoms with E-state index in [9.17, 15) is 9.59 Å². The van der Waals surface area contributed by atoms with Crippen LogP contribution in [0.3, 0.4) is 0 Å². The summed E-state index contributed by atoms with van der Waals surface area (Å²) in [7, 11) is 0. The summed E-state index contributed by atoms with van der Waals surface area (Å²) in [6.07, 6.45) is 3.61. The van der Waals surface area contributed by atoms with Crippen molar-refractivity contribution in [2.24, 2.45) is 0 Å². The smallest absolute Gasteiger partial charge is 0.253 e. The molecule has 0 spiro atoms. The van der Waals surface area contributed by atoms with Gasteiger partial charge in [-0.05, 0) is 79.8 Å². The van der Waals surface area contributed by atoms with Gasteiger partial charge in [0.05, 0.1) is 12.8 Å². The lowest BCUT2D eigenvalue weighted by Crippen LogP contribution is -2.30. The van der Waals surface area contributed by atoms with Crippen molar-refractivity contribution in [3.63, 3.8) is 0 Å². The zero-order valence-corrected chi connectivity index (χ0v) is 21.4. The van der Waals surface area contributed by atoms with Crippen LogP contribution in [0.15, 0.2) is 76.9 Å². The first-order valence-electron chi connectivity index (χ1n) is 12.7. The second-order valence-electron chi connectivity index (χ2n) is 9.15. The summed E-state index contributed by atoms with van der Waals surface area (Å²) in [5.74, 6) is 0.950. The molecular weight excluding hydrogens is 450 g/mol. The molecule has 0 unspecified atom stereocenters. The maximum atomic E-state index is 12.8. The van der Waals surface area contributed by atoms with Crippen molar-refractivity contribution in [2.75, 3.05) is 31.5 Å². The number of likely N-dealkylation sites (tertiary alicyclic amines) is 1. The van der Waals surface area contributed by atoms with Crippen molar-refractivity contribution in [1.29, 1.82) is 0 Å². The molecule has 1 aliphatic heterocycles. The van der Waals surface area contributed by atoms with Crippen molar-refractivity contribution in [2.45, 2.75) is 40.2 Å². The zero-order valence-electron chi connectivity index (χ0n) is 21.4. The Hall–Kier alpha value is -3.64. The molecule has 1 fully saturated rings. The molecule has 2 amide bonds. The Kier molecular flexibility index (Phi) is 8.39. The van der Waals surface area contributed by atoms with Gasteiger partial charge >= 0.3 is 0 Å². The number of nitrogens with zero attached hydrogens (tertiary/aromatic N) is 2. The van der Waals surface area contributed by atoms with Crippen LogP contribution in [0.2, 0.25) is 0 Å². The minimum absolute atomic E-state index is 0.0552. The van der Waals surface area contributed by atoms with E-state index in [-0.39, 0.29) is 11.8 Å². The van der Waals surface area contributed by atoms with Crippen LogP contribution < -0.4 is 5.32 Å². The van der Waals surface area contributed by atoms with Crippen molar-refractivity contribution < 1.29 is 14.0 Å². The molecule has 3 aromatic rings. The molecule has 1 aliphatic rings. The lowest BCUT2D eigenvalue weighted by molar-refractivity contribution is -0.114. The number of piperidine rings is 1. The summed E-state index contributed by atoms with van der Waals surface area (Å²) >= 11 is 0. The van der Waals surface area contributed by atoms with E-state index in [2.05, 4.69) is 28.4 Å². The minimum Gasteiger partial charge on any atom is -0.468 e. The molecule has 2 heterocycles. The second kappa shape index (κ2) is 11.9. The number of hydrogen-bond donors (Lipinski definition) is 1. The van der Waals surface area contributed by atoms with Crippen molar-refractivity contribution in [3.8, 4) is 0 Å². The maximum absolute atomic E-state index is 12.8. The summed E-state index contributed by atoms with van der Waals surface area (Å²) < 4.78 is 5.54. The zero-order chi connectivity index (χ0) is 25.5. The lowest BCUT2D eigenvalue weighted by Gasteiger charge is -2.29. The van der Waals surface area contributed by atoms with Crippen molar-refractivity contribution in [3.05, 3.63) is 95.0 Å². The molecule has 188 valence electrons. The summed E-state index contributed by atoms with van der Waals surface area (Å²) in [5.41, 5.74) is 6.20. The third kappa shape index (κ3) is 6.13. The van der Waals surface area contributed by atoms with E-state index in [1.165, 1.54) is 18.1 Å². The molecule has 0 saturated carbocycles. The summed E-state index contributed by atoms with van der Waals surface area (Å²) in [5, 5.41) is 2.91. The standard InChI is InChI=1S/C30H35N3O3/c1-4-33(5-2)30(35)25-13-11-23(12-14-25)29(26-8-6-9-27(20-26)31-22(3)34)24-15-17-32(18-16-24)21-28-10-7-19-36-28/h6-14,19-20H,4-5,15-18,21H2,1-3H3,(H,31,34). The Morgan fingerprint density at radius 2 is 1.61 bits per heavy atom. The van der Waals surface area contributed by atoms with Gasteiger partial charge in [-0.3, -0.25) is 14.5 Å². The highest BCUT2D eigenvalue weighted by molar-refractivity contribution is 5.95. The fourth-order valence-electron chi connectivity index (χ4n) is 4.86.